The Morgan fingerprint density at radius 1 is 1.40 bits per heavy atom. The Labute approximate surface area is 122 Å². The Hall–Kier alpha value is -2.09. The van der Waals surface area contributed by atoms with Crippen molar-refractivity contribution in [1.29, 1.82) is 0 Å². The number of aliphatic carboxylic acids is 1. The lowest BCUT2D eigenvalue weighted by molar-refractivity contribution is -0.144. The smallest absolute Gasteiger partial charge is 0.328 e. The highest BCUT2D eigenvalue weighted by molar-refractivity contribution is 9.10. The van der Waals surface area contributed by atoms with E-state index in [4.69, 9.17) is 5.11 Å². The standard InChI is InChI=1S/C12H11BrN2O5/c13-6-1-2-7(9(16)3-6)11(18)15-5-10(17)14-4-8(15)12(19)20/h1-3,8,16H,4-5H2,(H,14,17)(H,19,20). The van der Waals surface area contributed by atoms with Gasteiger partial charge in [0.25, 0.3) is 5.91 Å². The first kappa shape index (κ1) is 14.3. The van der Waals surface area contributed by atoms with E-state index in [9.17, 15) is 19.5 Å². The first-order chi connectivity index (χ1) is 9.40. The Kier molecular flexibility index (Phi) is 3.93. The van der Waals surface area contributed by atoms with Crippen molar-refractivity contribution in [3.05, 3.63) is 28.2 Å². The minimum Gasteiger partial charge on any atom is -0.507 e. The van der Waals surface area contributed by atoms with Crippen LogP contribution in [0.4, 0.5) is 0 Å². The summed E-state index contributed by atoms with van der Waals surface area (Å²) in [5.74, 6) is -2.63. The minimum absolute atomic E-state index is 0.0471. The van der Waals surface area contributed by atoms with E-state index in [2.05, 4.69) is 21.2 Å². The van der Waals surface area contributed by atoms with Crippen LogP contribution < -0.4 is 5.32 Å². The third kappa shape index (κ3) is 2.74. The maximum absolute atomic E-state index is 12.3. The lowest BCUT2D eigenvalue weighted by atomic mass is 10.1. The number of carbonyl (C=O) groups is 3. The van der Waals surface area contributed by atoms with Gasteiger partial charge in [-0.1, -0.05) is 15.9 Å². The van der Waals surface area contributed by atoms with Crippen LogP contribution in [0.1, 0.15) is 10.4 Å². The summed E-state index contributed by atoms with van der Waals surface area (Å²) >= 11 is 3.14. The predicted molar refractivity (Wildman–Crippen MR) is 71.3 cm³/mol. The van der Waals surface area contributed by atoms with Crippen LogP contribution in [-0.2, 0) is 9.59 Å². The molecule has 20 heavy (non-hydrogen) atoms. The topological polar surface area (TPSA) is 107 Å². The number of halogens is 1. The first-order valence-corrected chi connectivity index (χ1v) is 6.48. The maximum Gasteiger partial charge on any atom is 0.328 e. The molecule has 0 aliphatic carbocycles. The van der Waals surface area contributed by atoms with Crippen molar-refractivity contribution in [3.8, 4) is 5.75 Å². The molecule has 1 aromatic rings. The van der Waals surface area contributed by atoms with Crippen molar-refractivity contribution in [2.45, 2.75) is 6.04 Å². The molecule has 3 N–H and O–H groups in total. The molecule has 7 nitrogen and oxygen atoms in total. The highest BCUT2D eigenvalue weighted by Gasteiger charge is 2.36. The molecule has 0 saturated carbocycles. The number of carbonyl (C=O) groups excluding carboxylic acids is 2. The zero-order valence-electron chi connectivity index (χ0n) is 10.2. The van der Waals surface area contributed by atoms with Crippen molar-refractivity contribution in [3.63, 3.8) is 0 Å². The highest BCUT2D eigenvalue weighted by atomic mass is 79.9. The van der Waals surface area contributed by atoms with Gasteiger partial charge in [-0.15, -0.1) is 0 Å². The van der Waals surface area contributed by atoms with E-state index in [0.717, 1.165) is 4.90 Å². The van der Waals surface area contributed by atoms with E-state index in [1.165, 1.54) is 12.1 Å². The van der Waals surface area contributed by atoms with Gasteiger partial charge in [-0.3, -0.25) is 9.59 Å². The number of carboxylic acids is 1. The molecule has 0 bridgehead atoms. The molecule has 8 heteroatoms. The largest absolute Gasteiger partial charge is 0.507 e. The van der Waals surface area contributed by atoms with Crippen LogP contribution in [0, 0.1) is 0 Å². The molecule has 0 radical (unpaired) electrons. The summed E-state index contributed by atoms with van der Waals surface area (Å²) in [7, 11) is 0. The zero-order valence-corrected chi connectivity index (χ0v) is 11.8. The molecule has 106 valence electrons. The number of benzene rings is 1. The monoisotopic (exact) mass is 342 g/mol. The molecule has 2 rings (SSSR count). The number of phenolic OH excluding ortho intramolecular Hbond substituents is 1. The van der Waals surface area contributed by atoms with Crippen molar-refractivity contribution in [2.75, 3.05) is 13.1 Å². The average molecular weight is 343 g/mol. The van der Waals surface area contributed by atoms with Crippen LogP contribution in [-0.4, -0.2) is 52.0 Å². The van der Waals surface area contributed by atoms with Crippen LogP contribution in [0.25, 0.3) is 0 Å². The van der Waals surface area contributed by atoms with Crippen LogP contribution >= 0.6 is 15.9 Å². The number of phenols is 1. The van der Waals surface area contributed by atoms with Gasteiger partial charge in [-0.2, -0.15) is 0 Å². The summed E-state index contributed by atoms with van der Waals surface area (Å²) < 4.78 is 0.581. The maximum atomic E-state index is 12.3. The van der Waals surface area contributed by atoms with Crippen molar-refractivity contribution < 1.29 is 24.6 Å². The van der Waals surface area contributed by atoms with Gasteiger partial charge in [0.15, 0.2) is 0 Å². The van der Waals surface area contributed by atoms with Gasteiger partial charge in [-0.05, 0) is 18.2 Å². The molecule has 1 saturated heterocycles. The molecule has 1 aliphatic heterocycles. The lowest BCUT2D eigenvalue weighted by Gasteiger charge is -2.32. The fraction of sp³-hybridized carbons (Fsp3) is 0.250. The molecular formula is C12H11BrN2O5. The zero-order chi connectivity index (χ0) is 14.9. The quantitative estimate of drug-likeness (QED) is 0.710. The van der Waals surface area contributed by atoms with Crippen molar-refractivity contribution in [1.82, 2.24) is 10.2 Å². The molecule has 1 fully saturated rings. The van der Waals surface area contributed by atoms with E-state index in [-0.39, 0.29) is 24.4 Å². The molecule has 2 amide bonds. The second kappa shape index (κ2) is 5.49. The highest BCUT2D eigenvalue weighted by Crippen LogP contribution is 2.24. The van der Waals surface area contributed by atoms with Gasteiger partial charge >= 0.3 is 5.97 Å². The molecule has 0 spiro atoms. The summed E-state index contributed by atoms with van der Waals surface area (Å²) in [5.41, 5.74) is -0.0471. The predicted octanol–water partition coefficient (Wildman–Crippen LogP) is 0.180. The Morgan fingerprint density at radius 3 is 2.70 bits per heavy atom. The molecule has 1 atom stereocenters. The summed E-state index contributed by atoms with van der Waals surface area (Å²) in [5, 5.41) is 21.2. The molecule has 1 unspecified atom stereocenters. The molecule has 1 heterocycles. The van der Waals surface area contributed by atoms with E-state index >= 15 is 0 Å². The molecule has 0 aromatic heterocycles. The second-order valence-electron chi connectivity index (χ2n) is 4.25. The number of amides is 2. The fourth-order valence-electron chi connectivity index (χ4n) is 1.92. The first-order valence-electron chi connectivity index (χ1n) is 5.69. The summed E-state index contributed by atoms with van der Waals surface area (Å²) in [6.45, 7) is -0.511. The Bertz CT molecular complexity index is 589. The van der Waals surface area contributed by atoms with Gasteiger partial charge in [0.2, 0.25) is 5.91 Å². The number of nitrogens with zero attached hydrogens (tertiary/aromatic N) is 1. The van der Waals surface area contributed by atoms with Crippen molar-refractivity contribution >= 4 is 33.7 Å². The minimum atomic E-state index is -1.21. The third-order valence-electron chi connectivity index (χ3n) is 2.92. The number of hydrogen-bond donors (Lipinski definition) is 3. The Balaban J connectivity index is 2.33. The number of rotatable bonds is 2. The SMILES string of the molecule is O=C1CN(C(=O)c2ccc(Br)cc2O)C(C(=O)O)CN1. The Morgan fingerprint density at radius 2 is 2.10 bits per heavy atom. The molecular weight excluding hydrogens is 332 g/mol. The number of carboxylic acid groups (broad SMARTS) is 1. The van der Waals surface area contributed by atoms with Crippen LogP contribution in [0.5, 0.6) is 5.75 Å². The van der Waals surface area contributed by atoms with Crippen LogP contribution in [0.2, 0.25) is 0 Å². The van der Waals surface area contributed by atoms with E-state index < -0.39 is 23.8 Å². The summed E-state index contributed by atoms with van der Waals surface area (Å²) in [6, 6.07) is 3.09. The van der Waals surface area contributed by atoms with Gasteiger partial charge < -0.3 is 20.4 Å². The molecule has 1 aliphatic rings. The third-order valence-corrected chi connectivity index (χ3v) is 3.41. The summed E-state index contributed by atoms with van der Waals surface area (Å²) in [4.78, 5) is 35.7. The fourth-order valence-corrected chi connectivity index (χ4v) is 2.26. The van der Waals surface area contributed by atoms with Gasteiger partial charge in [0, 0.05) is 11.0 Å². The van der Waals surface area contributed by atoms with Crippen molar-refractivity contribution in [2.24, 2.45) is 0 Å². The number of hydrogen-bond acceptors (Lipinski definition) is 4. The second-order valence-corrected chi connectivity index (χ2v) is 5.17. The normalized spacial score (nSPS) is 18.6. The number of piperazine rings is 1. The van der Waals surface area contributed by atoms with E-state index in [0.29, 0.717) is 4.47 Å². The van der Waals surface area contributed by atoms with Crippen LogP contribution in [0.15, 0.2) is 22.7 Å². The van der Waals surface area contributed by atoms with Gasteiger partial charge in [0.05, 0.1) is 5.56 Å². The summed E-state index contributed by atoms with van der Waals surface area (Å²) in [6.07, 6.45) is 0. The molecule has 1 aromatic carbocycles. The average Bonchev–Trinajstić information content (AvgIpc) is 2.37. The van der Waals surface area contributed by atoms with Gasteiger partial charge in [-0.25, -0.2) is 4.79 Å². The lowest BCUT2D eigenvalue weighted by Crippen LogP contribution is -2.59. The van der Waals surface area contributed by atoms with Crippen LogP contribution in [0.3, 0.4) is 0 Å². The van der Waals surface area contributed by atoms with E-state index in [1.54, 1.807) is 6.07 Å². The number of aromatic hydroxyl groups is 1. The van der Waals surface area contributed by atoms with E-state index in [1.807, 2.05) is 0 Å². The van der Waals surface area contributed by atoms with Gasteiger partial charge in [0.1, 0.15) is 18.3 Å². The number of nitrogens with one attached hydrogen (secondary N) is 1.